The molecule has 0 bridgehead atoms. The van der Waals surface area contributed by atoms with Crippen LogP contribution in [-0.4, -0.2) is 15.1 Å². The van der Waals surface area contributed by atoms with Crippen molar-refractivity contribution < 1.29 is 22.4 Å². The van der Waals surface area contributed by atoms with E-state index in [-0.39, 0.29) is 11.9 Å². The minimum atomic E-state index is -4.68. The van der Waals surface area contributed by atoms with Gasteiger partial charge in [-0.25, -0.2) is 0 Å². The highest BCUT2D eigenvalue weighted by Gasteiger charge is 2.38. The molecule has 27 heavy (non-hydrogen) atoms. The largest absolute Gasteiger partial charge is 0.484 e. The van der Waals surface area contributed by atoms with Gasteiger partial charge >= 0.3 is 12.1 Å². The van der Waals surface area contributed by atoms with Crippen LogP contribution in [0.25, 0.3) is 11.4 Å². The van der Waals surface area contributed by atoms with Gasteiger partial charge in [0.2, 0.25) is 5.82 Å². The van der Waals surface area contributed by atoms with Crippen molar-refractivity contribution in [3.05, 3.63) is 59.2 Å². The van der Waals surface area contributed by atoms with Crippen molar-refractivity contribution in [2.45, 2.75) is 39.5 Å². The van der Waals surface area contributed by atoms with E-state index in [4.69, 9.17) is 4.74 Å². The van der Waals surface area contributed by atoms with Crippen molar-refractivity contribution in [2.75, 3.05) is 0 Å². The summed E-state index contributed by atoms with van der Waals surface area (Å²) in [6, 6.07) is 9.01. The zero-order valence-electron chi connectivity index (χ0n) is 15.0. The Hall–Kier alpha value is -2.90. The number of aryl methyl sites for hydroxylation is 2. The number of benzene rings is 1. The summed E-state index contributed by atoms with van der Waals surface area (Å²) in [5.41, 5.74) is 2.95. The van der Waals surface area contributed by atoms with E-state index in [1.807, 2.05) is 39.0 Å². The molecule has 2 heterocycles. The van der Waals surface area contributed by atoms with Crippen LogP contribution in [0.3, 0.4) is 0 Å². The molecule has 0 spiro atoms. The van der Waals surface area contributed by atoms with Gasteiger partial charge in [0.1, 0.15) is 11.9 Å². The Morgan fingerprint density at radius 1 is 1.15 bits per heavy atom. The molecule has 142 valence electrons. The Morgan fingerprint density at radius 2 is 1.85 bits per heavy atom. The number of alkyl halides is 3. The van der Waals surface area contributed by atoms with Gasteiger partial charge in [0.25, 0.3) is 0 Å². The molecule has 3 aromatic rings. The standard InChI is InChI=1S/C19H18F3N3O2/c1-4-15(26-16-11(2)6-5-7-12(16)3)14-10-13(8-9-23-14)17-24-18(27-25-17)19(20,21)22/h5-10,15H,4H2,1-3H3. The third-order valence-electron chi connectivity index (χ3n) is 4.08. The van der Waals surface area contributed by atoms with E-state index in [0.29, 0.717) is 17.7 Å². The van der Waals surface area contributed by atoms with Crippen molar-refractivity contribution >= 4 is 0 Å². The van der Waals surface area contributed by atoms with Crippen LogP contribution in [0.1, 0.15) is 42.2 Å². The molecule has 0 fully saturated rings. The molecule has 0 saturated carbocycles. The number of halogens is 3. The fourth-order valence-electron chi connectivity index (χ4n) is 2.70. The third kappa shape index (κ3) is 4.10. The average Bonchev–Trinajstić information content (AvgIpc) is 3.12. The molecule has 0 aliphatic carbocycles. The van der Waals surface area contributed by atoms with Crippen molar-refractivity contribution in [2.24, 2.45) is 0 Å². The van der Waals surface area contributed by atoms with Gasteiger partial charge in [-0.1, -0.05) is 30.3 Å². The first-order valence-electron chi connectivity index (χ1n) is 8.39. The molecule has 1 atom stereocenters. The first-order valence-corrected chi connectivity index (χ1v) is 8.39. The molecule has 5 nitrogen and oxygen atoms in total. The lowest BCUT2D eigenvalue weighted by Crippen LogP contribution is -2.10. The average molecular weight is 377 g/mol. The maximum atomic E-state index is 12.7. The minimum absolute atomic E-state index is 0.145. The van der Waals surface area contributed by atoms with Crippen LogP contribution in [-0.2, 0) is 6.18 Å². The predicted octanol–water partition coefficient (Wildman–Crippen LogP) is 5.30. The van der Waals surface area contributed by atoms with Crippen molar-refractivity contribution in [1.29, 1.82) is 0 Å². The van der Waals surface area contributed by atoms with E-state index >= 15 is 0 Å². The van der Waals surface area contributed by atoms with Gasteiger partial charge in [-0.05, 0) is 43.5 Å². The van der Waals surface area contributed by atoms with E-state index < -0.39 is 12.1 Å². The summed E-state index contributed by atoms with van der Waals surface area (Å²) in [6.45, 7) is 5.86. The van der Waals surface area contributed by atoms with Gasteiger partial charge in [-0.2, -0.15) is 18.2 Å². The van der Waals surface area contributed by atoms with E-state index in [1.165, 1.54) is 12.3 Å². The third-order valence-corrected chi connectivity index (χ3v) is 4.08. The summed E-state index contributed by atoms with van der Waals surface area (Å²) in [5.74, 6) is -0.752. The van der Waals surface area contributed by atoms with Gasteiger partial charge in [-0.3, -0.25) is 4.98 Å². The van der Waals surface area contributed by atoms with Crippen LogP contribution >= 0.6 is 0 Å². The monoisotopic (exact) mass is 377 g/mol. The van der Waals surface area contributed by atoms with Crippen LogP contribution < -0.4 is 4.74 Å². The zero-order chi connectivity index (χ0) is 19.6. The lowest BCUT2D eigenvalue weighted by molar-refractivity contribution is -0.159. The number of hydrogen-bond donors (Lipinski definition) is 0. The second kappa shape index (κ2) is 7.38. The van der Waals surface area contributed by atoms with Crippen LogP contribution in [0.15, 0.2) is 41.1 Å². The number of hydrogen-bond acceptors (Lipinski definition) is 5. The first-order chi connectivity index (χ1) is 12.8. The highest BCUT2D eigenvalue weighted by molar-refractivity contribution is 5.54. The molecule has 0 aliphatic heterocycles. The van der Waals surface area contributed by atoms with Crippen LogP contribution in [0.2, 0.25) is 0 Å². The molecule has 0 radical (unpaired) electrons. The lowest BCUT2D eigenvalue weighted by Gasteiger charge is -2.20. The molecule has 0 N–H and O–H groups in total. The second-order valence-corrected chi connectivity index (χ2v) is 6.13. The van der Waals surface area contributed by atoms with Gasteiger partial charge in [-0.15, -0.1) is 0 Å². The topological polar surface area (TPSA) is 61.0 Å². The zero-order valence-corrected chi connectivity index (χ0v) is 15.0. The van der Waals surface area contributed by atoms with E-state index in [2.05, 4.69) is 19.6 Å². The van der Waals surface area contributed by atoms with Gasteiger partial charge in [0.05, 0.1) is 5.69 Å². The number of aromatic nitrogens is 3. The van der Waals surface area contributed by atoms with Crippen molar-refractivity contribution in [3.63, 3.8) is 0 Å². The Kier molecular flexibility index (Phi) is 5.16. The Labute approximate surface area is 154 Å². The van der Waals surface area contributed by atoms with Crippen molar-refractivity contribution in [1.82, 2.24) is 15.1 Å². The van der Waals surface area contributed by atoms with E-state index in [0.717, 1.165) is 16.9 Å². The fraction of sp³-hybridized carbons (Fsp3) is 0.316. The van der Waals surface area contributed by atoms with Crippen LogP contribution in [0, 0.1) is 13.8 Å². The Morgan fingerprint density at radius 3 is 2.44 bits per heavy atom. The van der Waals surface area contributed by atoms with E-state index in [9.17, 15) is 13.2 Å². The van der Waals surface area contributed by atoms with Gasteiger partial charge in [0.15, 0.2) is 0 Å². The maximum absolute atomic E-state index is 12.7. The molecular formula is C19H18F3N3O2. The smallest absolute Gasteiger partial charge is 0.471 e. The molecule has 0 saturated heterocycles. The van der Waals surface area contributed by atoms with Crippen molar-refractivity contribution in [3.8, 4) is 17.1 Å². The number of nitrogens with zero attached hydrogens (tertiary/aromatic N) is 3. The summed E-state index contributed by atoms with van der Waals surface area (Å²) < 4.78 is 48.5. The molecule has 1 unspecified atom stereocenters. The number of rotatable bonds is 5. The summed E-state index contributed by atoms with van der Waals surface area (Å²) >= 11 is 0. The molecule has 1 aromatic carbocycles. The molecule has 8 heteroatoms. The summed E-state index contributed by atoms with van der Waals surface area (Å²) in [5, 5.41) is 3.42. The molecular weight excluding hydrogens is 359 g/mol. The van der Waals surface area contributed by atoms with Crippen LogP contribution in [0.4, 0.5) is 13.2 Å². The molecule has 2 aromatic heterocycles. The maximum Gasteiger partial charge on any atom is 0.471 e. The Balaban J connectivity index is 1.90. The first kappa shape index (κ1) is 18.9. The fourth-order valence-corrected chi connectivity index (χ4v) is 2.70. The number of ether oxygens (including phenoxy) is 1. The molecule has 0 aliphatic rings. The highest BCUT2D eigenvalue weighted by Crippen LogP contribution is 2.32. The second-order valence-electron chi connectivity index (χ2n) is 6.13. The lowest BCUT2D eigenvalue weighted by atomic mass is 10.1. The highest BCUT2D eigenvalue weighted by atomic mass is 19.4. The predicted molar refractivity (Wildman–Crippen MR) is 92.1 cm³/mol. The summed E-state index contributed by atoms with van der Waals surface area (Å²) in [4.78, 5) is 7.73. The van der Waals surface area contributed by atoms with Crippen LogP contribution in [0.5, 0.6) is 5.75 Å². The number of para-hydroxylation sites is 1. The Bertz CT molecular complexity index is 918. The van der Waals surface area contributed by atoms with Gasteiger partial charge in [0, 0.05) is 11.8 Å². The normalized spacial score (nSPS) is 12.8. The SMILES string of the molecule is CCC(Oc1c(C)cccc1C)c1cc(-c2noc(C(F)(F)F)n2)ccn1. The summed E-state index contributed by atoms with van der Waals surface area (Å²) in [6.07, 6.45) is -2.92. The quantitative estimate of drug-likeness (QED) is 0.604. The van der Waals surface area contributed by atoms with Gasteiger partial charge < -0.3 is 9.26 Å². The summed E-state index contributed by atoms with van der Waals surface area (Å²) in [7, 11) is 0. The number of pyridine rings is 1. The van der Waals surface area contributed by atoms with E-state index in [1.54, 1.807) is 6.07 Å². The molecule has 0 amide bonds. The molecule has 3 rings (SSSR count). The minimum Gasteiger partial charge on any atom is -0.484 e.